The number of aromatic nitrogens is 2. The average molecular weight is 269 g/mol. The third-order valence-corrected chi connectivity index (χ3v) is 4.37. The Hall–Kier alpha value is -1.61. The van der Waals surface area contributed by atoms with Gasteiger partial charge in [-0.1, -0.05) is 31.2 Å². The van der Waals surface area contributed by atoms with Crippen molar-refractivity contribution in [2.45, 2.75) is 38.6 Å². The molecule has 0 saturated carbocycles. The third kappa shape index (κ3) is 2.38. The summed E-state index contributed by atoms with van der Waals surface area (Å²) in [6.45, 7) is 5.26. The second-order valence-electron chi connectivity index (χ2n) is 5.78. The van der Waals surface area contributed by atoms with Crippen molar-refractivity contribution < 1.29 is 0 Å². The van der Waals surface area contributed by atoms with E-state index in [2.05, 4.69) is 54.6 Å². The monoisotopic (exact) mass is 269 g/mol. The van der Waals surface area contributed by atoms with E-state index in [0.29, 0.717) is 12.0 Å². The quantitative estimate of drug-likeness (QED) is 0.904. The van der Waals surface area contributed by atoms with Gasteiger partial charge in [0.2, 0.25) is 0 Å². The number of fused-ring (bicyclic) bond motifs is 1. The van der Waals surface area contributed by atoms with Gasteiger partial charge in [-0.05, 0) is 37.1 Å². The van der Waals surface area contributed by atoms with Crippen LogP contribution in [0, 0.1) is 6.92 Å². The lowest BCUT2D eigenvalue weighted by atomic mass is 9.72. The molecule has 0 radical (unpaired) electrons. The Morgan fingerprint density at radius 2 is 2.20 bits per heavy atom. The van der Waals surface area contributed by atoms with E-state index in [-0.39, 0.29) is 0 Å². The molecule has 0 amide bonds. The summed E-state index contributed by atoms with van der Waals surface area (Å²) in [5, 5.41) is 8.13. The zero-order valence-electron chi connectivity index (χ0n) is 12.6. The Morgan fingerprint density at radius 3 is 2.85 bits per heavy atom. The molecule has 0 saturated heterocycles. The summed E-state index contributed by atoms with van der Waals surface area (Å²) in [5.41, 5.74) is 5.46. The maximum Gasteiger partial charge on any atom is 0.0596 e. The molecule has 3 heteroatoms. The summed E-state index contributed by atoms with van der Waals surface area (Å²) in [7, 11) is 2.04. The molecular formula is C17H23N3. The van der Waals surface area contributed by atoms with Crippen LogP contribution in [-0.4, -0.2) is 22.4 Å². The van der Waals surface area contributed by atoms with Crippen LogP contribution in [0.25, 0.3) is 0 Å². The summed E-state index contributed by atoms with van der Waals surface area (Å²) in [6.07, 6.45) is 2.24. The minimum absolute atomic E-state index is 0.504. The van der Waals surface area contributed by atoms with E-state index in [1.807, 2.05) is 11.7 Å². The molecule has 2 atom stereocenters. The maximum absolute atomic E-state index is 4.46. The largest absolute Gasteiger partial charge is 0.313 e. The number of nitrogens with zero attached hydrogens (tertiary/aromatic N) is 2. The highest BCUT2D eigenvalue weighted by Gasteiger charge is 2.32. The van der Waals surface area contributed by atoms with Gasteiger partial charge in [-0.3, -0.25) is 4.68 Å². The number of hydrogen-bond donors (Lipinski definition) is 1. The third-order valence-electron chi connectivity index (χ3n) is 4.37. The van der Waals surface area contributed by atoms with Crippen LogP contribution in [0.2, 0.25) is 0 Å². The summed E-state index contributed by atoms with van der Waals surface area (Å²) in [4.78, 5) is 0. The lowest BCUT2D eigenvalue weighted by Crippen LogP contribution is -2.41. The van der Waals surface area contributed by atoms with Crippen molar-refractivity contribution in [1.82, 2.24) is 15.1 Å². The Labute approximate surface area is 121 Å². The molecule has 2 aromatic rings. The number of benzene rings is 1. The molecule has 0 spiro atoms. The lowest BCUT2D eigenvalue weighted by molar-refractivity contribution is 0.397. The predicted molar refractivity (Wildman–Crippen MR) is 82.0 cm³/mol. The van der Waals surface area contributed by atoms with E-state index in [1.54, 1.807) is 0 Å². The van der Waals surface area contributed by atoms with Gasteiger partial charge in [-0.25, -0.2) is 0 Å². The van der Waals surface area contributed by atoms with E-state index in [1.165, 1.54) is 23.2 Å². The van der Waals surface area contributed by atoms with Gasteiger partial charge in [0.15, 0.2) is 0 Å². The summed E-state index contributed by atoms with van der Waals surface area (Å²) in [6, 6.07) is 11.5. The number of aryl methyl sites for hydroxylation is 2. The molecule has 20 heavy (non-hydrogen) atoms. The van der Waals surface area contributed by atoms with Gasteiger partial charge in [-0.2, -0.15) is 5.10 Å². The number of hydrogen-bond acceptors (Lipinski definition) is 2. The summed E-state index contributed by atoms with van der Waals surface area (Å²) < 4.78 is 2.02. The van der Waals surface area contributed by atoms with Crippen molar-refractivity contribution in [2.75, 3.05) is 6.54 Å². The SMILES string of the molecule is CCNC(Cc1cc(C)nn1C)C1Cc2ccccc21. The zero-order chi connectivity index (χ0) is 14.1. The van der Waals surface area contributed by atoms with Crippen molar-refractivity contribution in [3.8, 4) is 0 Å². The number of rotatable bonds is 5. The summed E-state index contributed by atoms with van der Waals surface area (Å²) in [5.74, 6) is 0.640. The highest BCUT2D eigenvalue weighted by molar-refractivity contribution is 5.41. The highest BCUT2D eigenvalue weighted by atomic mass is 15.3. The molecule has 1 aliphatic rings. The predicted octanol–water partition coefficient (Wildman–Crippen LogP) is 2.59. The molecule has 2 unspecified atom stereocenters. The van der Waals surface area contributed by atoms with Crippen molar-refractivity contribution in [3.05, 3.63) is 52.8 Å². The van der Waals surface area contributed by atoms with E-state index >= 15 is 0 Å². The van der Waals surface area contributed by atoms with E-state index in [4.69, 9.17) is 0 Å². The molecule has 1 aliphatic carbocycles. The van der Waals surface area contributed by atoms with Crippen LogP contribution in [0.5, 0.6) is 0 Å². The van der Waals surface area contributed by atoms with Gasteiger partial charge in [0, 0.05) is 31.1 Å². The van der Waals surface area contributed by atoms with Crippen molar-refractivity contribution in [3.63, 3.8) is 0 Å². The van der Waals surface area contributed by atoms with Crippen LogP contribution < -0.4 is 5.32 Å². The summed E-state index contributed by atoms with van der Waals surface area (Å²) >= 11 is 0. The smallest absolute Gasteiger partial charge is 0.0596 e. The van der Waals surface area contributed by atoms with Crippen LogP contribution in [0.4, 0.5) is 0 Å². The standard InChI is InChI=1S/C17H23N3/c1-4-18-17(11-14-9-12(2)19-20(14)3)16-10-13-7-5-6-8-15(13)16/h5-9,16-18H,4,10-11H2,1-3H3. The fourth-order valence-electron chi connectivity index (χ4n) is 3.36. The van der Waals surface area contributed by atoms with Crippen LogP contribution in [0.15, 0.2) is 30.3 Å². The van der Waals surface area contributed by atoms with Crippen LogP contribution >= 0.6 is 0 Å². The Balaban J connectivity index is 1.79. The fourth-order valence-corrected chi connectivity index (χ4v) is 3.36. The lowest BCUT2D eigenvalue weighted by Gasteiger charge is -2.37. The van der Waals surface area contributed by atoms with Crippen molar-refractivity contribution >= 4 is 0 Å². The molecule has 1 N–H and O–H groups in total. The van der Waals surface area contributed by atoms with Gasteiger partial charge < -0.3 is 5.32 Å². The molecule has 1 aromatic heterocycles. The van der Waals surface area contributed by atoms with Crippen LogP contribution in [0.1, 0.15) is 35.4 Å². The Kier molecular flexibility index (Phi) is 3.62. The molecule has 0 aliphatic heterocycles. The van der Waals surface area contributed by atoms with Crippen molar-refractivity contribution in [2.24, 2.45) is 7.05 Å². The van der Waals surface area contributed by atoms with E-state index in [0.717, 1.165) is 18.7 Å². The fraction of sp³-hybridized carbons (Fsp3) is 0.471. The van der Waals surface area contributed by atoms with E-state index in [9.17, 15) is 0 Å². The first-order chi connectivity index (χ1) is 9.69. The minimum atomic E-state index is 0.504. The first-order valence-electron chi connectivity index (χ1n) is 7.49. The van der Waals surface area contributed by atoms with Gasteiger partial charge >= 0.3 is 0 Å². The average Bonchev–Trinajstić information content (AvgIpc) is 2.69. The van der Waals surface area contributed by atoms with Crippen LogP contribution in [-0.2, 0) is 19.9 Å². The zero-order valence-corrected chi connectivity index (χ0v) is 12.6. The van der Waals surface area contributed by atoms with Gasteiger partial charge in [0.25, 0.3) is 0 Å². The normalized spacial score (nSPS) is 18.4. The Bertz CT molecular complexity index is 600. The van der Waals surface area contributed by atoms with E-state index < -0.39 is 0 Å². The van der Waals surface area contributed by atoms with Crippen LogP contribution in [0.3, 0.4) is 0 Å². The van der Waals surface area contributed by atoms with Crippen molar-refractivity contribution in [1.29, 1.82) is 0 Å². The first-order valence-corrected chi connectivity index (χ1v) is 7.49. The maximum atomic E-state index is 4.46. The first kappa shape index (κ1) is 13.4. The molecule has 106 valence electrons. The minimum Gasteiger partial charge on any atom is -0.313 e. The van der Waals surface area contributed by atoms with Gasteiger partial charge in [0.1, 0.15) is 0 Å². The molecule has 0 fully saturated rings. The molecule has 0 bridgehead atoms. The molecule has 1 aromatic carbocycles. The topological polar surface area (TPSA) is 29.9 Å². The molecule has 3 rings (SSSR count). The number of nitrogens with one attached hydrogen (secondary N) is 1. The van der Waals surface area contributed by atoms with Gasteiger partial charge in [0.05, 0.1) is 5.69 Å². The Morgan fingerprint density at radius 1 is 1.40 bits per heavy atom. The van der Waals surface area contributed by atoms with Gasteiger partial charge in [-0.15, -0.1) is 0 Å². The molecular weight excluding hydrogens is 246 g/mol. The second kappa shape index (κ2) is 5.41. The molecule has 1 heterocycles. The highest BCUT2D eigenvalue weighted by Crippen LogP contribution is 2.38. The second-order valence-corrected chi connectivity index (χ2v) is 5.78. The number of likely N-dealkylation sites (N-methyl/N-ethyl adjacent to an activating group) is 1. The molecule has 3 nitrogen and oxygen atoms in total.